The van der Waals surface area contributed by atoms with Crippen LogP contribution in [0, 0.1) is 0 Å². The van der Waals surface area contributed by atoms with Gasteiger partial charge < -0.3 is 10.7 Å². The van der Waals surface area contributed by atoms with Crippen LogP contribution in [0.4, 0.5) is 5.82 Å². The molecule has 0 aliphatic carbocycles. The molecule has 0 saturated heterocycles. The number of pyridine rings is 1. The molecule has 0 bridgehead atoms. The molecule has 1 aromatic heterocycles. The summed E-state index contributed by atoms with van der Waals surface area (Å²) in [6, 6.07) is 3.17. The number of nitrogens with one attached hydrogen (secondary N) is 2. The van der Waals surface area contributed by atoms with E-state index in [4.69, 9.17) is 17.4 Å². The third kappa shape index (κ3) is 3.55. The van der Waals surface area contributed by atoms with Gasteiger partial charge in [-0.1, -0.05) is 11.6 Å². The van der Waals surface area contributed by atoms with E-state index in [2.05, 4.69) is 15.7 Å². The minimum atomic E-state index is -0.295. The highest BCUT2D eigenvalue weighted by Gasteiger charge is 2.12. The number of hydrazine groups is 1. The lowest BCUT2D eigenvalue weighted by molar-refractivity contribution is 0.0951. The second-order valence-corrected chi connectivity index (χ2v) is 4.31. The predicted octanol–water partition coefficient (Wildman–Crippen LogP) is 1.11. The molecule has 16 heavy (non-hydrogen) atoms. The summed E-state index contributed by atoms with van der Waals surface area (Å²) in [5.41, 5.74) is 2.54. The smallest absolute Gasteiger partial charge is 0.271 e. The van der Waals surface area contributed by atoms with Crippen molar-refractivity contribution in [3.05, 3.63) is 22.8 Å². The van der Waals surface area contributed by atoms with Crippen molar-refractivity contribution in [1.82, 2.24) is 10.3 Å². The molecule has 1 heterocycles. The van der Waals surface area contributed by atoms with E-state index in [1.165, 1.54) is 0 Å². The second kappa shape index (κ2) is 6.57. The van der Waals surface area contributed by atoms with Crippen LogP contribution < -0.4 is 16.6 Å². The van der Waals surface area contributed by atoms with Gasteiger partial charge in [0.15, 0.2) is 0 Å². The van der Waals surface area contributed by atoms with Crippen molar-refractivity contribution >= 4 is 35.1 Å². The lowest BCUT2D eigenvalue weighted by Crippen LogP contribution is -2.27. The first-order valence-corrected chi connectivity index (χ1v) is 6.36. The van der Waals surface area contributed by atoms with Crippen molar-refractivity contribution in [2.24, 2.45) is 5.84 Å². The molecule has 0 spiro atoms. The Hall–Kier alpha value is -0.980. The molecule has 4 N–H and O–H groups in total. The number of anilines is 1. The van der Waals surface area contributed by atoms with Crippen LogP contribution in [0.3, 0.4) is 0 Å². The first-order chi connectivity index (χ1) is 7.69. The fourth-order valence-corrected chi connectivity index (χ4v) is 1.53. The van der Waals surface area contributed by atoms with Gasteiger partial charge in [-0.2, -0.15) is 11.8 Å². The molecule has 0 fully saturated rings. The highest BCUT2D eigenvalue weighted by molar-refractivity contribution is 7.98. The van der Waals surface area contributed by atoms with Crippen molar-refractivity contribution in [3.63, 3.8) is 0 Å². The van der Waals surface area contributed by atoms with Crippen LogP contribution in [0.2, 0.25) is 5.02 Å². The van der Waals surface area contributed by atoms with Crippen molar-refractivity contribution < 1.29 is 4.79 Å². The van der Waals surface area contributed by atoms with Crippen molar-refractivity contribution in [3.8, 4) is 0 Å². The Labute approximate surface area is 103 Å². The zero-order valence-corrected chi connectivity index (χ0v) is 10.4. The molecular formula is C9H13ClN4OS. The number of rotatable bonds is 5. The maximum absolute atomic E-state index is 11.7. The fourth-order valence-electron chi connectivity index (χ4n) is 1.03. The fraction of sp³-hybridized carbons (Fsp3) is 0.333. The molecule has 0 aromatic carbocycles. The van der Waals surface area contributed by atoms with Gasteiger partial charge in [-0.3, -0.25) is 4.79 Å². The molecule has 88 valence electrons. The molecule has 5 nitrogen and oxygen atoms in total. The van der Waals surface area contributed by atoms with E-state index in [1.807, 2.05) is 6.26 Å². The number of carbonyl (C=O) groups excluding carboxylic acids is 1. The third-order valence-corrected chi connectivity index (χ3v) is 2.72. The molecule has 0 radical (unpaired) electrons. The third-order valence-electron chi connectivity index (χ3n) is 1.80. The summed E-state index contributed by atoms with van der Waals surface area (Å²) in [7, 11) is 0. The first-order valence-electron chi connectivity index (χ1n) is 4.59. The molecule has 1 amide bonds. The molecule has 0 aliphatic heterocycles. The van der Waals surface area contributed by atoms with Crippen LogP contribution in [0.25, 0.3) is 0 Å². The van der Waals surface area contributed by atoms with Gasteiger partial charge in [-0.25, -0.2) is 10.8 Å². The second-order valence-electron chi connectivity index (χ2n) is 2.92. The number of carbonyl (C=O) groups is 1. The summed E-state index contributed by atoms with van der Waals surface area (Å²) in [6.07, 6.45) is 1.97. The van der Waals surface area contributed by atoms with Gasteiger partial charge in [-0.15, -0.1) is 0 Å². The van der Waals surface area contributed by atoms with E-state index in [0.717, 1.165) is 5.75 Å². The van der Waals surface area contributed by atoms with Crippen molar-refractivity contribution in [1.29, 1.82) is 0 Å². The molecular weight excluding hydrogens is 248 g/mol. The maximum atomic E-state index is 11.7. The van der Waals surface area contributed by atoms with Crippen LogP contribution in [0.1, 0.15) is 10.5 Å². The van der Waals surface area contributed by atoms with Crippen LogP contribution in [0.5, 0.6) is 0 Å². The summed E-state index contributed by atoms with van der Waals surface area (Å²) < 4.78 is 0. The van der Waals surface area contributed by atoms with Crippen molar-refractivity contribution in [2.75, 3.05) is 24.0 Å². The summed E-state index contributed by atoms with van der Waals surface area (Å²) >= 11 is 7.51. The molecule has 0 saturated carbocycles. The number of hydrogen-bond donors (Lipinski definition) is 3. The van der Waals surface area contributed by atoms with Gasteiger partial charge in [0, 0.05) is 12.3 Å². The van der Waals surface area contributed by atoms with Crippen molar-refractivity contribution in [2.45, 2.75) is 0 Å². The van der Waals surface area contributed by atoms with Gasteiger partial charge in [0.1, 0.15) is 11.5 Å². The lowest BCUT2D eigenvalue weighted by atomic mass is 10.3. The number of thioether (sulfide) groups is 1. The molecule has 1 rings (SSSR count). The minimum Gasteiger partial charge on any atom is -0.350 e. The van der Waals surface area contributed by atoms with E-state index in [0.29, 0.717) is 17.4 Å². The predicted molar refractivity (Wildman–Crippen MR) is 67.8 cm³/mol. The molecule has 0 unspecified atom stereocenters. The Morgan fingerprint density at radius 3 is 3.00 bits per heavy atom. The minimum absolute atomic E-state index is 0.179. The Balaban J connectivity index is 2.73. The Morgan fingerprint density at radius 1 is 1.62 bits per heavy atom. The quantitative estimate of drug-likeness (QED) is 0.420. The number of nitrogens with two attached hydrogens (primary N) is 1. The lowest BCUT2D eigenvalue weighted by Gasteiger charge is -2.06. The van der Waals surface area contributed by atoms with E-state index < -0.39 is 0 Å². The molecule has 0 aliphatic rings. The van der Waals surface area contributed by atoms with E-state index >= 15 is 0 Å². The van der Waals surface area contributed by atoms with Gasteiger partial charge in [0.2, 0.25) is 0 Å². The normalized spacial score (nSPS) is 9.94. The summed E-state index contributed by atoms with van der Waals surface area (Å²) in [4.78, 5) is 15.7. The topological polar surface area (TPSA) is 80.0 Å². The van der Waals surface area contributed by atoms with Crippen LogP contribution >= 0.6 is 23.4 Å². The molecule has 7 heteroatoms. The Kier molecular flexibility index (Phi) is 5.37. The maximum Gasteiger partial charge on any atom is 0.271 e. The van der Waals surface area contributed by atoms with Crippen LogP contribution in [-0.2, 0) is 0 Å². The van der Waals surface area contributed by atoms with Gasteiger partial charge in [0.25, 0.3) is 5.91 Å². The molecule has 1 aromatic rings. The monoisotopic (exact) mass is 260 g/mol. The number of nitrogens with zero attached hydrogens (tertiary/aromatic N) is 1. The Morgan fingerprint density at radius 2 is 2.38 bits per heavy atom. The SMILES string of the molecule is CSCCNC(=O)c1nc(NN)ccc1Cl. The average molecular weight is 261 g/mol. The van der Waals surface area contributed by atoms with E-state index in [1.54, 1.807) is 23.9 Å². The number of halogens is 1. The van der Waals surface area contributed by atoms with Crippen LogP contribution in [-0.4, -0.2) is 29.4 Å². The van der Waals surface area contributed by atoms with Gasteiger partial charge >= 0.3 is 0 Å². The zero-order valence-electron chi connectivity index (χ0n) is 8.79. The van der Waals surface area contributed by atoms with E-state index in [9.17, 15) is 4.79 Å². The highest BCUT2D eigenvalue weighted by Crippen LogP contribution is 2.15. The number of aromatic nitrogens is 1. The Bertz CT molecular complexity index is 375. The van der Waals surface area contributed by atoms with E-state index in [-0.39, 0.29) is 11.6 Å². The summed E-state index contributed by atoms with van der Waals surface area (Å²) in [5.74, 6) is 6.15. The largest absolute Gasteiger partial charge is 0.350 e. The molecule has 0 atom stereocenters. The van der Waals surface area contributed by atoms with Gasteiger partial charge in [0.05, 0.1) is 5.02 Å². The highest BCUT2D eigenvalue weighted by atomic mass is 35.5. The van der Waals surface area contributed by atoms with Crippen LogP contribution in [0.15, 0.2) is 12.1 Å². The first kappa shape index (κ1) is 13.1. The van der Waals surface area contributed by atoms with Gasteiger partial charge in [-0.05, 0) is 18.4 Å². The standard InChI is InChI=1S/C9H13ClN4OS/c1-16-5-4-12-9(15)8-6(10)2-3-7(13-8)14-11/h2-3H,4-5,11H2,1H3,(H,12,15)(H,13,14). The summed E-state index contributed by atoms with van der Waals surface area (Å²) in [5, 5.41) is 3.02. The summed E-state index contributed by atoms with van der Waals surface area (Å²) in [6.45, 7) is 0.582. The average Bonchev–Trinajstić information content (AvgIpc) is 2.30. The number of amides is 1. The number of hydrogen-bond acceptors (Lipinski definition) is 5. The number of nitrogen functional groups attached to an aromatic ring is 1. The zero-order chi connectivity index (χ0) is 12.0.